The fourth-order valence-electron chi connectivity index (χ4n) is 1.25. The maximum atomic E-state index is 12.9. The Kier molecular flexibility index (Phi) is 3.14. The molecule has 1 N–H and O–H groups in total. The van der Waals surface area contributed by atoms with Crippen LogP contribution in [-0.2, 0) is 0 Å². The van der Waals surface area contributed by atoms with Crippen molar-refractivity contribution >= 4 is 21.9 Å². The van der Waals surface area contributed by atoms with Crippen molar-refractivity contribution in [3.63, 3.8) is 0 Å². The van der Waals surface area contributed by atoms with Gasteiger partial charge < -0.3 is 5.11 Å². The normalized spacial score (nSPS) is 10.2. The third-order valence-corrected chi connectivity index (χ3v) is 2.73. The van der Waals surface area contributed by atoms with Crippen molar-refractivity contribution in [1.29, 1.82) is 0 Å². The van der Waals surface area contributed by atoms with Gasteiger partial charge in [-0.3, -0.25) is 0 Å². The lowest BCUT2D eigenvalue weighted by Crippen LogP contribution is -1.99. The van der Waals surface area contributed by atoms with Crippen LogP contribution < -0.4 is 0 Å². The lowest BCUT2D eigenvalue weighted by atomic mass is 10.2. The van der Waals surface area contributed by atoms with E-state index in [1.165, 1.54) is 30.6 Å². The molecule has 2 rings (SSSR count). The summed E-state index contributed by atoms with van der Waals surface area (Å²) in [6, 6.07) is 4.10. The summed E-state index contributed by atoms with van der Waals surface area (Å²) < 4.78 is 13.4. The van der Waals surface area contributed by atoms with Gasteiger partial charge in [-0.05, 0) is 34.1 Å². The van der Waals surface area contributed by atoms with Crippen LogP contribution in [0, 0.1) is 5.82 Å². The zero-order valence-electron chi connectivity index (χ0n) is 8.39. The number of nitrogens with zero attached hydrogens (tertiary/aromatic N) is 2. The lowest BCUT2D eigenvalue weighted by Gasteiger charge is -2.03. The van der Waals surface area contributed by atoms with E-state index >= 15 is 0 Å². The number of hydrogen-bond acceptors (Lipinski definition) is 3. The molecule has 17 heavy (non-hydrogen) atoms. The molecular formula is C11H6BrFN2O2. The Morgan fingerprint density at radius 2 is 1.94 bits per heavy atom. The maximum absolute atomic E-state index is 12.9. The summed E-state index contributed by atoms with van der Waals surface area (Å²) in [5.74, 6) is -1.13. The van der Waals surface area contributed by atoms with Crippen LogP contribution in [0.1, 0.15) is 10.4 Å². The second-order valence-electron chi connectivity index (χ2n) is 3.22. The summed E-state index contributed by atoms with van der Waals surface area (Å²) in [5, 5.41) is 8.70. The zero-order valence-corrected chi connectivity index (χ0v) is 9.98. The highest BCUT2D eigenvalue weighted by atomic mass is 79.9. The molecule has 4 nitrogen and oxygen atoms in total. The van der Waals surface area contributed by atoms with Crippen molar-refractivity contribution < 1.29 is 14.3 Å². The molecule has 0 fully saturated rings. The topological polar surface area (TPSA) is 63.1 Å². The van der Waals surface area contributed by atoms with Crippen LogP contribution >= 0.6 is 15.9 Å². The molecule has 0 unspecified atom stereocenters. The van der Waals surface area contributed by atoms with Gasteiger partial charge in [-0.2, -0.15) is 0 Å². The van der Waals surface area contributed by atoms with Crippen LogP contribution in [0.3, 0.4) is 0 Å². The molecule has 0 aliphatic carbocycles. The summed E-state index contributed by atoms with van der Waals surface area (Å²) in [6.45, 7) is 0. The molecule has 0 amide bonds. The second-order valence-corrected chi connectivity index (χ2v) is 4.08. The van der Waals surface area contributed by atoms with Crippen LogP contribution in [0.25, 0.3) is 11.4 Å². The first kappa shape index (κ1) is 11.7. The standard InChI is InChI=1S/C11H6BrFN2O2/c12-9-3-7(13)1-2-8(9)10-14-4-6(5-15-10)11(16)17/h1-5H,(H,16,17). The van der Waals surface area contributed by atoms with Crippen molar-refractivity contribution in [2.24, 2.45) is 0 Å². The molecule has 0 spiro atoms. The van der Waals surface area contributed by atoms with E-state index < -0.39 is 5.97 Å². The molecule has 0 aliphatic rings. The Hall–Kier alpha value is -1.82. The van der Waals surface area contributed by atoms with E-state index in [9.17, 15) is 9.18 Å². The van der Waals surface area contributed by atoms with Crippen LogP contribution in [0.4, 0.5) is 4.39 Å². The summed E-state index contributed by atoms with van der Waals surface area (Å²) in [6.07, 6.45) is 2.42. The highest BCUT2D eigenvalue weighted by Gasteiger charge is 2.09. The number of carboxylic acids is 1. The number of aromatic carboxylic acids is 1. The Balaban J connectivity index is 2.43. The van der Waals surface area contributed by atoms with Gasteiger partial charge in [-0.1, -0.05) is 0 Å². The summed E-state index contributed by atoms with van der Waals surface area (Å²) in [5.41, 5.74) is 0.607. The molecule has 0 aliphatic heterocycles. The second kappa shape index (κ2) is 4.58. The fourth-order valence-corrected chi connectivity index (χ4v) is 1.78. The SMILES string of the molecule is O=C(O)c1cnc(-c2ccc(F)cc2Br)nc1. The smallest absolute Gasteiger partial charge is 0.338 e. The van der Waals surface area contributed by atoms with Gasteiger partial charge in [-0.15, -0.1) is 0 Å². The summed E-state index contributed by atoms with van der Waals surface area (Å²) in [4.78, 5) is 18.5. The van der Waals surface area contributed by atoms with Gasteiger partial charge in [0.25, 0.3) is 0 Å². The average Bonchev–Trinajstić information content (AvgIpc) is 2.29. The van der Waals surface area contributed by atoms with E-state index in [-0.39, 0.29) is 11.4 Å². The van der Waals surface area contributed by atoms with Crippen molar-refractivity contribution in [2.75, 3.05) is 0 Å². The first-order chi connectivity index (χ1) is 8.08. The first-order valence-electron chi connectivity index (χ1n) is 4.58. The Morgan fingerprint density at radius 1 is 1.29 bits per heavy atom. The number of rotatable bonds is 2. The van der Waals surface area contributed by atoms with E-state index in [4.69, 9.17) is 5.11 Å². The lowest BCUT2D eigenvalue weighted by molar-refractivity contribution is 0.0696. The minimum atomic E-state index is -1.09. The van der Waals surface area contributed by atoms with Gasteiger partial charge in [0, 0.05) is 22.4 Å². The van der Waals surface area contributed by atoms with Crippen molar-refractivity contribution in [1.82, 2.24) is 9.97 Å². The Morgan fingerprint density at radius 3 is 2.47 bits per heavy atom. The third-order valence-electron chi connectivity index (χ3n) is 2.07. The number of aromatic nitrogens is 2. The highest BCUT2D eigenvalue weighted by molar-refractivity contribution is 9.10. The zero-order chi connectivity index (χ0) is 12.4. The van der Waals surface area contributed by atoms with Crippen molar-refractivity contribution in [3.05, 3.63) is 46.4 Å². The predicted molar refractivity (Wildman–Crippen MR) is 62.1 cm³/mol. The average molecular weight is 297 g/mol. The van der Waals surface area contributed by atoms with E-state index in [0.717, 1.165) is 0 Å². The largest absolute Gasteiger partial charge is 0.478 e. The number of carboxylic acid groups (broad SMARTS) is 1. The van der Waals surface area contributed by atoms with Crippen LogP contribution in [0.2, 0.25) is 0 Å². The van der Waals surface area contributed by atoms with Gasteiger partial charge in [-0.25, -0.2) is 19.2 Å². The van der Waals surface area contributed by atoms with Gasteiger partial charge in [0.15, 0.2) is 5.82 Å². The van der Waals surface area contributed by atoms with Gasteiger partial charge in [0.05, 0.1) is 5.56 Å². The number of carbonyl (C=O) groups is 1. The molecular weight excluding hydrogens is 291 g/mol. The molecule has 2 aromatic rings. The maximum Gasteiger partial charge on any atom is 0.338 e. The molecule has 1 heterocycles. The molecule has 6 heteroatoms. The molecule has 1 aromatic carbocycles. The van der Waals surface area contributed by atoms with Crippen molar-refractivity contribution in [2.45, 2.75) is 0 Å². The van der Waals surface area contributed by atoms with Crippen molar-refractivity contribution in [3.8, 4) is 11.4 Å². The molecule has 0 saturated heterocycles. The summed E-state index contributed by atoms with van der Waals surface area (Å²) in [7, 11) is 0. The van der Waals surface area contributed by atoms with Gasteiger partial charge >= 0.3 is 5.97 Å². The molecule has 0 atom stereocenters. The molecule has 0 radical (unpaired) electrons. The van der Waals surface area contributed by atoms with Gasteiger partial charge in [0.1, 0.15) is 5.82 Å². The molecule has 86 valence electrons. The summed E-state index contributed by atoms with van der Waals surface area (Å²) >= 11 is 3.19. The number of halogens is 2. The molecule has 0 saturated carbocycles. The number of hydrogen-bond donors (Lipinski definition) is 1. The minimum absolute atomic E-state index is 0.00647. The first-order valence-corrected chi connectivity index (χ1v) is 5.38. The number of benzene rings is 1. The van der Waals surface area contributed by atoms with E-state index in [0.29, 0.717) is 15.9 Å². The quantitative estimate of drug-likeness (QED) is 0.925. The van der Waals surface area contributed by atoms with Crippen LogP contribution in [0.15, 0.2) is 35.1 Å². The fraction of sp³-hybridized carbons (Fsp3) is 0. The van der Waals surface area contributed by atoms with Gasteiger partial charge in [0.2, 0.25) is 0 Å². The highest BCUT2D eigenvalue weighted by Crippen LogP contribution is 2.25. The third kappa shape index (κ3) is 2.47. The monoisotopic (exact) mass is 296 g/mol. The Bertz CT molecular complexity index is 572. The van der Waals surface area contributed by atoms with E-state index in [1.54, 1.807) is 0 Å². The predicted octanol–water partition coefficient (Wildman–Crippen LogP) is 2.74. The molecule has 0 bridgehead atoms. The molecule has 1 aromatic heterocycles. The van der Waals surface area contributed by atoms with Crippen LogP contribution in [-0.4, -0.2) is 21.0 Å². The van der Waals surface area contributed by atoms with E-state index in [1.807, 2.05) is 0 Å². The van der Waals surface area contributed by atoms with E-state index in [2.05, 4.69) is 25.9 Å². The van der Waals surface area contributed by atoms with Crippen LogP contribution in [0.5, 0.6) is 0 Å². The Labute approximate surface area is 104 Å². The minimum Gasteiger partial charge on any atom is -0.478 e.